The number of rotatable bonds is 1. The zero-order chi connectivity index (χ0) is 19.0. The second-order valence-corrected chi connectivity index (χ2v) is 8.30. The lowest BCUT2D eigenvalue weighted by atomic mass is 9.77. The number of nitrogens with zero attached hydrogens (tertiary/aromatic N) is 3. The summed E-state index contributed by atoms with van der Waals surface area (Å²) in [5.74, 6) is 0. The molecule has 4 aromatic rings. The molecule has 28 heavy (non-hydrogen) atoms. The van der Waals surface area contributed by atoms with E-state index in [1.807, 2.05) is 6.07 Å². The summed E-state index contributed by atoms with van der Waals surface area (Å²) in [5, 5.41) is 2.23. The van der Waals surface area contributed by atoms with Gasteiger partial charge in [0.05, 0.1) is 17.4 Å². The van der Waals surface area contributed by atoms with Crippen molar-refractivity contribution in [3.05, 3.63) is 65.9 Å². The summed E-state index contributed by atoms with van der Waals surface area (Å²) in [4.78, 5) is 9.57. The number of benzene rings is 2. The molecule has 1 saturated heterocycles. The summed E-state index contributed by atoms with van der Waals surface area (Å²) in [6, 6.07) is 17.3. The van der Waals surface area contributed by atoms with Crippen LogP contribution in [-0.2, 0) is 5.54 Å². The molecule has 0 radical (unpaired) electrons. The van der Waals surface area contributed by atoms with Gasteiger partial charge in [-0.1, -0.05) is 30.3 Å². The maximum atomic E-state index is 6.34. The Morgan fingerprint density at radius 3 is 2.82 bits per heavy atom. The van der Waals surface area contributed by atoms with Crippen LogP contribution in [-0.4, -0.2) is 17.7 Å². The van der Waals surface area contributed by atoms with Crippen molar-refractivity contribution in [2.24, 2.45) is 0 Å². The van der Waals surface area contributed by atoms with Gasteiger partial charge in [-0.3, -0.25) is 0 Å². The molecule has 3 aliphatic rings. The lowest BCUT2D eigenvalue weighted by molar-refractivity contribution is 0.294. The van der Waals surface area contributed by atoms with Crippen LogP contribution in [0.1, 0.15) is 31.4 Å². The van der Waals surface area contributed by atoms with E-state index in [0.29, 0.717) is 5.71 Å². The van der Waals surface area contributed by atoms with Gasteiger partial charge in [0.15, 0.2) is 5.58 Å². The Kier molecular flexibility index (Phi) is 3.02. The fraction of sp³-hybridized carbons (Fsp3) is 0.292. The molecule has 0 amide bonds. The average Bonchev–Trinajstić information content (AvgIpc) is 3.08. The first-order valence-electron chi connectivity index (χ1n) is 10.0. The molecule has 2 bridgehead atoms. The minimum atomic E-state index is -0.0593. The van der Waals surface area contributed by atoms with E-state index in [4.69, 9.17) is 4.42 Å². The largest absolute Gasteiger partial charge is 0.436 e. The monoisotopic (exact) mass is 369 g/mol. The van der Waals surface area contributed by atoms with Gasteiger partial charge >= 0.3 is 0 Å². The highest BCUT2D eigenvalue weighted by Gasteiger charge is 2.50. The number of pyridine rings is 1. The van der Waals surface area contributed by atoms with Crippen molar-refractivity contribution in [2.45, 2.75) is 38.9 Å². The molecule has 2 atom stereocenters. The highest BCUT2D eigenvalue weighted by Crippen LogP contribution is 2.53. The van der Waals surface area contributed by atoms with E-state index in [2.05, 4.69) is 78.0 Å². The molecule has 7 rings (SSSR count). The van der Waals surface area contributed by atoms with Crippen molar-refractivity contribution in [1.82, 2.24) is 4.98 Å². The van der Waals surface area contributed by atoms with E-state index in [1.165, 1.54) is 22.5 Å². The van der Waals surface area contributed by atoms with Gasteiger partial charge in [0.25, 0.3) is 0 Å². The van der Waals surface area contributed by atoms with Crippen molar-refractivity contribution in [2.75, 3.05) is 16.3 Å². The van der Waals surface area contributed by atoms with Gasteiger partial charge in [0.1, 0.15) is 0 Å². The Hall–Kier alpha value is -3.01. The maximum absolute atomic E-state index is 6.34. The van der Waals surface area contributed by atoms with Crippen molar-refractivity contribution in [3.8, 4) is 0 Å². The molecular formula is C24H23N3O. The van der Waals surface area contributed by atoms with Crippen LogP contribution in [0.25, 0.3) is 22.1 Å². The normalized spacial score (nSPS) is 23.6. The van der Waals surface area contributed by atoms with Crippen LogP contribution in [0.4, 0.5) is 11.4 Å². The van der Waals surface area contributed by atoms with Gasteiger partial charge in [-0.2, -0.15) is 0 Å². The van der Waals surface area contributed by atoms with Crippen molar-refractivity contribution in [1.29, 1.82) is 0 Å². The fourth-order valence-electron chi connectivity index (χ4n) is 5.45. The lowest BCUT2D eigenvalue weighted by Gasteiger charge is -2.60. The molecule has 2 aromatic carbocycles. The predicted molar refractivity (Wildman–Crippen MR) is 114 cm³/mol. The van der Waals surface area contributed by atoms with E-state index in [9.17, 15) is 0 Å². The number of fused-ring (bicyclic) bond motifs is 5. The molecule has 140 valence electrons. The first kappa shape index (κ1) is 16.0. The molecule has 4 heteroatoms. The van der Waals surface area contributed by atoms with Crippen LogP contribution in [0.15, 0.2) is 59.1 Å². The van der Waals surface area contributed by atoms with E-state index in [-0.39, 0.29) is 11.7 Å². The van der Waals surface area contributed by atoms with Crippen LogP contribution in [0.3, 0.4) is 0 Å². The summed E-state index contributed by atoms with van der Waals surface area (Å²) in [7, 11) is 0. The minimum Gasteiger partial charge on any atom is -0.436 e. The highest BCUT2D eigenvalue weighted by atomic mass is 16.3. The molecule has 0 N–H and O–H groups in total. The Bertz CT molecular complexity index is 1240. The quantitative estimate of drug-likeness (QED) is 0.438. The SMILES string of the molecule is Cc1ccc2c(oc3ncccc32)c1N1[C@@H](C)N2CCC1(C)c1ccccc12. The third-order valence-corrected chi connectivity index (χ3v) is 6.82. The molecule has 0 spiro atoms. The van der Waals surface area contributed by atoms with E-state index in [0.717, 1.165) is 29.3 Å². The van der Waals surface area contributed by atoms with Crippen molar-refractivity contribution >= 4 is 33.4 Å². The molecule has 0 aliphatic carbocycles. The third kappa shape index (κ3) is 1.83. The molecule has 1 unspecified atom stereocenters. The van der Waals surface area contributed by atoms with Gasteiger partial charge < -0.3 is 14.2 Å². The average molecular weight is 369 g/mol. The van der Waals surface area contributed by atoms with E-state index in [1.54, 1.807) is 6.20 Å². The molecular weight excluding hydrogens is 346 g/mol. The number of para-hydroxylation sites is 1. The van der Waals surface area contributed by atoms with Crippen molar-refractivity contribution in [3.63, 3.8) is 0 Å². The zero-order valence-corrected chi connectivity index (χ0v) is 16.4. The molecule has 1 fully saturated rings. The molecule has 5 heterocycles. The number of hydrogen-bond acceptors (Lipinski definition) is 4. The Balaban J connectivity index is 1.67. The van der Waals surface area contributed by atoms with Gasteiger partial charge in [-0.15, -0.1) is 0 Å². The lowest BCUT2D eigenvalue weighted by Crippen LogP contribution is -2.66. The standard InChI is InChI=1S/C24H23N3O/c1-15-10-11-17-18-7-6-13-25-23(18)28-22(17)21(15)27-16(2)26-14-12-24(27,3)19-8-4-5-9-20(19)26/h4-11,13,16H,12,14H2,1-3H3/t16-,24?/m0/s1. The summed E-state index contributed by atoms with van der Waals surface area (Å²) < 4.78 is 6.34. The van der Waals surface area contributed by atoms with Crippen LogP contribution >= 0.6 is 0 Å². The smallest absolute Gasteiger partial charge is 0.227 e. The van der Waals surface area contributed by atoms with Crippen molar-refractivity contribution < 1.29 is 4.42 Å². The number of furan rings is 1. The van der Waals surface area contributed by atoms with E-state index < -0.39 is 0 Å². The van der Waals surface area contributed by atoms with Crippen LogP contribution in [0.2, 0.25) is 0 Å². The summed E-state index contributed by atoms with van der Waals surface area (Å²) in [6.07, 6.45) is 3.16. The van der Waals surface area contributed by atoms with Gasteiger partial charge in [-0.05, 0) is 51.0 Å². The van der Waals surface area contributed by atoms with Crippen LogP contribution in [0, 0.1) is 6.92 Å². The van der Waals surface area contributed by atoms with E-state index >= 15 is 0 Å². The topological polar surface area (TPSA) is 32.5 Å². The highest BCUT2D eigenvalue weighted by molar-refractivity contribution is 6.08. The maximum Gasteiger partial charge on any atom is 0.227 e. The second-order valence-electron chi connectivity index (χ2n) is 8.30. The van der Waals surface area contributed by atoms with Gasteiger partial charge in [-0.25, -0.2) is 4.98 Å². The Morgan fingerprint density at radius 1 is 1.07 bits per heavy atom. The van der Waals surface area contributed by atoms with Gasteiger partial charge in [0.2, 0.25) is 5.71 Å². The molecule has 2 aromatic heterocycles. The predicted octanol–water partition coefficient (Wildman–Crippen LogP) is 5.58. The molecule has 0 saturated carbocycles. The molecule has 4 nitrogen and oxygen atoms in total. The Labute approximate surface area is 164 Å². The van der Waals surface area contributed by atoms with Gasteiger partial charge in [0, 0.05) is 34.8 Å². The number of aromatic nitrogens is 1. The third-order valence-electron chi connectivity index (χ3n) is 6.82. The Morgan fingerprint density at radius 2 is 1.93 bits per heavy atom. The zero-order valence-electron chi connectivity index (χ0n) is 16.4. The van der Waals surface area contributed by atoms with Crippen LogP contribution < -0.4 is 9.80 Å². The summed E-state index contributed by atoms with van der Waals surface area (Å²) >= 11 is 0. The number of aryl methyl sites for hydroxylation is 1. The fourth-order valence-corrected chi connectivity index (χ4v) is 5.45. The summed E-state index contributed by atoms with van der Waals surface area (Å²) in [5.41, 5.74) is 6.82. The number of hydrogen-bond donors (Lipinski definition) is 0. The minimum absolute atomic E-state index is 0.0593. The number of anilines is 2. The second kappa shape index (κ2) is 5.28. The van der Waals surface area contributed by atoms with Crippen LogP contribution in [0.5, 0.6) is 0 Å². The first-order chi connectivity index (χ1) is 13.6. The summed E-state index contributed by atoms with van der Waals surface area (Å²) in [6.45, 7) is 7.97. The first-order valence-corrected chi connectivity index (χ1v) is 10.0. The molecule has 3 aliphatic heterocycles.